The highest BCUT2D eigenvalue weighted by atomic mass is 35.5. The highest BCUT2D eigenvalue weighted by Crippen LogP contribution is 2.37. The summed E-state index contributed by atoms with van der Waals surface area (Å²) in [5.74, 6) is 0.346. The quantitative estimate of drug-likeness (QED) is 0.390. The van der Waals surface area contributed by atoms with E-state index >= 15 is 0 Å². The Bertz CT molecular complexity index is 1280. The lowest BCUT2D eigenvalue weighted by Gasteiger charge is -2.38. The molecule has 2 aromatic carbocycles. The van der Waals surface area contributed by atoms with Gasteiger partial charge in [0.25, 0.3) is 0 Å². The van der Waals surface area contributed by atoms with Gasteiger partial charge in [0.05, 0.1) is 22.0 Å². The Morgan fingerprint density at radius 3 is 2.51 bits per heavy atom. The summed E-state index contributed by atoms with van der Waals surface area (Å²) >= 11 is 5.88. The Morgan fingerprint density at radius 2 is 1.84 bits per heavy atom. The molecule has 3 N–H and O–H groups in total. The number of aliphatic hydroxyl groups excluding tert-OH is 1. The van der Waals surface area contributed by atoms with Crippen molar-refractivity contribution in [2.75, 3.05) is 39.9 Å². The second kappa shape index (κ2) is 11.5. The Morgan fingerprint density at radius 1 is 1.14 bits per heavy atom. The SMILES string of the molecule is CNS(=O)(=O)c1cccc(OC[C@@H](O)CNC2COC3(CCN(S(=O)(=O)c4ccc(Cl)cc4)CC3)C2)c1. The summed E-state index contributed by atoms with van der Waals surface area (Å²) in [4.78, 5) is 0.312. The first kappa shape index (κ1) is 28.2. The standard InChI is InChI=1S/C24H32ClN3O7S2/c1-26-36(30,31)23-4-2-3-21(13-23)34-17-20(29)15-27-19-14-24(35-16-19)9-11-28(12-10-24)37(32,33)22-7-5-18(25)6-8-22/h2-8,13,19-20,26-27,29H,9-12,14-17H2,1H3/t19?,20-/m0/s1. The van der Waals surface area contributed by atoms with Crippen LogP contribution in [0.5, 0.6) is 5.75 Å². The zero-order valence-electron chi connectivity index (χ0n) is 20.5. The summed E-state index contributed by atoms with van der Waals surface area (Å²) in [7, 11) is -5.83. The van der Waals surface area contributed by atoms with Crippen LogP contribution in [0.1, 0.15) is 19.3 Å². The van der Waals surface area contributed by atoms with Gasteiger partial charge in [0.1, 0.15) is 18.5 Å². The van der Waals surface area contributed by atoms with E-state index in [1.165, 1.54) is 35.6 Å². The van der Waals surface area contributed by atoms with Crippen molar-refractivity contribution in [1.82, 2.24) is 14.3 Å². The molecule has 2 aliphatic heterocycles. The lowest BCUT2D eigenvalue weighted by atomic mass is 9.88. The molecule has 0 saturated carbocycles. The van der Waals surface area contributed by atoms with E-state index in [9.17, 15) is 21.9 Å². The first-order valence-electron chi connectivity index (χ1n) is 12.0. The maximum atomic E-state index is 12.9. The smallest absolute Gasteiger partial charge is 0.243 e. The van der Waals surface area contributed by atoms with Crippen molar-refractivity contribution in [2.45, 2.75) is 46.8 Å². The number of piperidine rings is 1. The van der Waals surface area contributed by atoms with Crippen LogP contribution in [0.2, 0.25) is 5.02 Å². The number of nitrogens with one attached hydrogen (secondary N) is 2. The fourth-order valence-electron chi connectivity index (χ4n) is 4.62. The number of rotatable bonds is 10. The summed E-state index contributed by atoms with van der Waals surface area (Å²) in [6, 6.07) is 12.3. The lowest BCUT2D eigenvalue weighted by molar-refractivity contribution is -0.0312. The monoisotopic (exact) mass is 573 g/mol. The van der Waals surface area contributed by atoms with Crippen LogP contribution in [0.4, 0.5) is 0 Å². The van der Waals surface area contributed by atoms with Crippen molar-refractivity contribution in [3.63, 3.8) is 0 Å². The van der Waals surface area contributed by atoms with Crippen molar-refractivity contribution >= 4 is 31.6 Å². The predicted molar refractivity (Wildman–Crippen MR) is 139 cm³/mol. The fourth-order valence-corrected chi connectivity index (χ4v) is 6.95. The van der Waals surface area contributed by atoms with Crippen LogP contribution >= 0.6 is 11.6 Å². The average molecular weight is 574 g/mol. The van der Waals surface area contributed by atoms with Crippen LogP contribution in [0, 0.1) is 0 Å². The largest absolute Gasteiger partial charge is 0.491 e. The van der Waals surface area contributed by atoms with Crippen LogP contribution < -0.4 is 14.8 Å². The molecular formula is C24H32ClN3O7S2. The van der Waals surface area contributed by atoms with Gasteiger partial charge in [0.2, 0.25) is 20.0 Å². The van der Waals surface area contributed by atoms with Gasteiger partial charge in [-0.15, -0.1) is 0 Å². The minimum absolute atomic E-state index is 0.00765. The third-order valence-electron chi connectivity index (χ3n) is 6.76. The molecule has 0 radical (unpaired) electrons. The van der Waals surface area contributed by atoms with Crippen LogP contribution in [0.25, 0.3) is 0 Å². The van der Waals surface area contributed by atoms with Crippen LogP contribution in [0.15, 0.2) is 58.3 Å². The Hall–Kier alpha value is -1.77. The first-order chi connectivity index (χ1) is 17.5. The van der Waals surface area contributed by atoms with Gasteiger partial charge in [0.15, 0.2) is 0 Å². The number of nitrogens with zero attached hydrogens (tertiary/aromatic N) is 1. The molecule has 4 rings (SSSR count). The van der Waals surface area contributed by atoms with Crippen molar-refractivity contribution in [3.05, 3.63) is 53.6 Å². The molecule has 2 heterocycles. The average Bonchev–Trinajstić information content (AvgIpc) is 3.29. The molecule has 37 heavy (non-hydrogen) atoms. The predicted octanol–water partition coefficient (Wildman–Crippen LogP) is 1.59. The van der Waals surface area contributed by atoms with Crippen molar-refractivity contribution in [3.8, 4) is 5.75 Å². The maximum Gasteiger partial charge on any atom is 0.243 e. The van der Waals surface area contributed by atoms with Gasteiger partial charge in [-0.1, -0.05) is 17.7 Å². The minimum Gasteiger partial charge on any atom is -0.491 e. The summed E-state index contributed by atoms with van der Waals surface area (Å²) < 4.78 is 65.2. The molecule has 0 aliphatic carbocycles. The second-order valence-electron chi connectivity index (χ2n) is 9.31. The molecule has 2 aromatic rings. The van der Waals surface area contributed by atoms with Gasteiger partial charge in [-0.2, -0.15) is 4.31 Å². The Labute approximate surface area is 223 Å². The molecule has 2 saturated heterocycles. The van der Waals surface area contributed by atoms with Crippen molar-refractivity contribution in [1.29, 1.82) is 0 Å². The molecule has 2 aliphatic rings. The topological polar surface area (TPSA) is 134 Å². The molecule has 0 aromatic heterocycles. The minimum atomic E-state index is -3.58. The molecule has 1 spiro atoms. The fraction of sp³-hybridized carbons (Fsp3) is 0.500. The molecule has 0 bridgehead atoms. The molecule has 13 heteroatoms. The van der Waals surface area contributed by atoms with E-state index < -0.39 is 26.2 Å². The summed E-state index contributed by atoms with van der Waals surface area (Å²) in [5, 5.41) is 14.1. The van der Waals surface area contributed by atoms with Crippen LogP contribution in [-0.4, -0.2) is 83.9 Å². The van der Waals surface area contributed by atoms with Gasteiger partial charge in [0, 0.05) is 36.8 Å². The molecule has 2 fully saturated rings. The molecule has 10 nitrogen and oxygen atoms in total. The van der Waals surface area contributed by atoms with E-state index in [2.05, 4.69) is 10.0 Å². The van der Waals surface area contributed by atoms with Gasteiger partial charge < -0.3 is 19.9 Å². The van der Waals surface area contributed by atoms with E-state index in [1.54, 1.807) is 24.3 Å². The Kier molecular flexibility index (Phi) is 8.81. The molecule has 2 atom stereocenters. The van der Waals surface area contributed by atoms with E-state index in [0.717, 1.165) is 6.42 Å². The molecule has 0 amide bonds. The molecule has 1 unspecified atom stereocenters. The van der Waals surface area contributed by atoms with Gasteiger partial charge in [-0.05, 0) is 62.7 Å². The third kappa shape index (κ3) is 6.82. The highest BCUT2D eigenvalue weighted by Gasteiger charge is 2.44. The number of hydrogen-bond donors (Lipinski definition) is 3. The van der Waals surface area contributed by atoms with Gasteiger partial charge >= 0.3 is 0 Å². The Balaban J connectivity index is 1.22. The summed E-state index contributed by atoms with van der Waals surface area (Å²) in [6.45, 7) is 1.48. The molecular weight excluding hydrogens is 542 g/mol. The second-order valence-corrected chi connectivity index (χ2v) is 13.6. The number of sulfonamides is 2. The number of halogens is 1. The lowest BCUT2D eigenvalue weighted by Crippen LogP contribution is -2.47. The van der Waals surface area contributed by atoms with E-state index in [4.69, 9.17) is 21.1 Å². The van der Waals surface area contributed by atoms with Crippen LogP contribution in [0.3, 0.4) is 0 Å². The maximum absolute atomic E-state index is 12.9. The van der Waals surface area contributed by atoms with E-state index in [0.29, 0.717) is 43.3 Å². The molecule has 204 valence electrons. The highest BCUT2D eigenvalue weighted by molar-refractivity contribution is 7.89. The zero-order valence-corrected chi connectivity index (χ0v) is 22.9. The number of ether oxygens (including phenoxy) is 2. The van der Waals surface area contributed by atoms with E-state index in [-0.39, 0.29) is 34.6 Å². The number of benzene rings is 2. The van der Waals surface area contributed by atoms with Gasteiger partial charge in [-0.3, -0.25) is 0 Å². The van der Waals surface area contributed by atoms with Crippen molar-refractivity contribution in [2.24, 2.45) is 0 Å². The summed E-state index contributed by atoms with van der Waals surface area (Å²) in [6.07, 6.45) is 1.09. The normalized spacial score (nSPS) is 21.2. The van der Waals surface area contributed by atoms with E-state index in [1.807, 2.05) is 0 Å². The third-order valence-corrected chi connectivity index (χ3v) is 10.3. The van der Waals surface area contributed by atoms with Crippen LogP contribution in [-0.2, 0) is 24.8 Å². The van der Waals surface area contributed by atoms with Crippen molar-refractivity contribution < 1.29 is 31.4 Å². The summed E-state index contributed by atoms with van der Waals surface area (Å²) in [5.41, 5.74) is -0.385. The first-order valence-corrected chi connectivity index (χ1v) is 15.3. The van der Waals surface area contributed by atoms with Gasteiger partial charge in [-0.25, -0.2) is 21.6 Å². The number of aliphatic hydroxyl groups is 1. The number of hydrogen-bond acceptors (Lipinski definition) is 8. The zero-order chi connectivity index (χ0) is 26.7.